The molecule has 3 nitrogen and oxygen atoms in total. The van der Waals surface area contributed by atoms with Crippen molar-refractivity contribution in [2.24, 2.45) is 5.73 Å². The molecule has 0 radical (unpaired) electrons. The average molecular weight is 332 g/mol. The first-order valence-electron chi connectivity index (χ1n) is 5.78. The molecular formula is C13H18BrNO2S. The van der Waals surface area contributed by atoms with E-state index in [2.05, 4.69) is 20.7 Å². The smallest absolute Gasteiger partial charge is 0.315 e. The van der Waals surface area contributed by atoms with Gasteiger partial charge >= 0.3 is 5.97 Å². The van der Waals surface area contributed by atoms with Gasteiger partial charge in [-0.3, -0.25) is 4.79 Å². The monoisotopic (exact) mass is 331 g/mol. The van der Waals surface area contributed by atoms with Gasteiger partial charge in [0.15, 0.2) is 0 Å². The van der Waals surface area contributed by atoms with E-state index in [1.165, 1.54) is 18.9 Å². The SMILES string of the molecule is CCC(N)C(SCC(=O)OC)c1cccc(Br)c1. The molecule has 2 unspecified atom stereocenters. The van der Waals surface area contributed by atoms with Gasteiger partial charge in [0.25, 0.3) is 0 Å². The standard InChI is InChI=1S/C13H18BrNO2S/c1-3-11(15)13(18-8-12(16)17-2)9-5-4-6-10(14)7-9/h4-7,11,13H,3,8,15H2,1-2H3. The number of nitrogens with two attached hydrogens (primary N) is 1. The molecule has 0 heterocycles. The lowest BCUT2D eigenvalue weighted by Crippen LogP contribution is -2.26. The zero-order valence-corrected chi connectivity index (χ0v) is 13.0. The van der Waals surface area contributed by atoms with Crippen LogP contribution in [0.5, 0.6) is 0 Å². The maximum atomic E-state index is 11.2. The summed E-state index contributed by atoms with van der Waals surface area (Å²) in [5, 5.41) is 0.103. The molecule has 0 saturated heterocycles. The molecule has 0 spiro atoms. The first-order valence-corrected chi connectivity index (χ1v) is 7.62. The molecule has 0 aliphatic carbocycles. The van der Waals surface area contributed by atoms with E-state index in [4.69, 9.17) is 5.73 Å². The Morgan fingerprint density at radius 3 is 2.83 bits per heavy atom. The normalized spacial score (nSPS) is 14.0. The maximum absolute atomic E-state index is 11.2. The summed E-state index contributed by atoms with van der Waals surface area (Å²) in [6, 6.07) is 8.06. The molecule has 1 aromatic carbocycles. The van der Waals surface area contributed by atoms with Gasteiger partial charge in [0, 0.05) is 15.8 Å². The largest absolute Gasteiger partial charge is 0.468 e. The van der Waals surface area contributed by atoms with E-state index >= 15 is 0 Å². The second kappa shape index (κ2) is 7.81. The zero-order chi connectivity index (χ0) is 13.5. The number of rotatable bonds is 6. The summed E-state index contributed by atoms with van der Waals surface area (Å²) in [7, 11) is 1.40. The molecule has 2 atom stereocenters. The minimum Gasteiger partial charge on any atom is -0.468 e. The molecule has 0 aliphatic rings. The van der Waals surface area contributed by atoms with Crippen molar-refractivity contribution in [2.75, 3.05) is 12.9 Å². The van der Waals surface area contributed by atoms with Gasteiger partial charge in [0.1, 0.15) is 0 Å². The molecule has 0 bridgehead atoms. The Balaban J connectivity index is 2.81. The average Bonchev–Trinajstić information content (AvgIpc) is 2.38. The van der Waals surface area contributed by atoms with Crippen LogP contribution in [0, 0.1) is 0 Å². The lowest BCUT2D eigenvalue weighted by molar-refractivity contribution is -0.137. The summed E-state index contributed by atoms with van der Waals surface area (Å²) < 4.78 is 5.68. The number of esters is 1. The van der Waals surface area contributed by atoms with E-state index < -0.39 is 0 Å². The quantitative estimate of drug-likeness (QED) is 0.813. The van der Waals surface area contributed by atoms with E-state index in [-0.39, 0.29) is 17.3 Å². The minimum atomic E-state index is -0.219. The summed E-state index contributed by atoms with van der Waals surface area (Å²) in [6.45, 7) is 2.05. The van der Waals surface area contributed by atoms with E-state index in [9.17, 15) is 4.79 Å². The van der Waals surface area contributed by atoms with Crippen molar-refractivity contribution in [1.82, 2.24) is 0 Å². The molecule has 0 aromatic heterocycles. The lowest BCUT2D eigenvalue weighted by Gasteiger charge is -2.22. The Morgan fingerprint density at radius 1 is 1.56 bits per heavy atom. The zero-order valence-electron chi connectivity index (χ0n) is 10.6. The number of thioether (sulfide) groups is 1. The highest BCUT2D eigenvalue weighted by Gasteiger charge is 2.20. The molecule has 0 amide bonds. The number of carbonyl (C=O) groups is 1. The van der Waals surface area contributed by atoms with Gasteiger partial charge in [0.05, 0.1) is 12.9 Å². The number of carbonyl (C=O) groups excluding carboxylic acids is 1. The number of hydrogen-bond donors (Lipinski definition) is 1. The first-order chi connectivity index (χ1) is 8.58. The summed E-state index contributed by atoms with van der Waals surface area (Å²) >= 11 is 4.98. The van der Waals surface area contributed by atoms with Crippen molar-refractivity contribution in [3.63, 3.8) is 0 Å². The van der Waals surface area contributed by atoms with Gasteiger partial charge in [-0.25, -0.2) is 0 Å². The van der Waals surface area contributed by atoms with Crippen LogP contribution in [0.25, 0.3) is 0 Å². The summed E-state index contributed by atoms with van der Waals surface area (Å²) in [6.07, 6.45) is 0.866. The van der Waals surface area contributed by atoms with Crippen LogP contribution < -0.4 is 5.73 Å². The lowest BCUT2D eigenvalue weighted by atomic mass is 10.0. The van der Waals surface area contributed by atoms with Crippen LogP contribution in [0.3, 0.4) is 0 Å². The van der Waals surface area contributed by atoms with Gasteiger partial charge in [0.2, 0.25) is 0 Å². The van der Waals surface area contributed by atoms with Crippen LogP contribution in [0.2, 0.25) is 0 Å². The Labute approximate surface area is 121 Å². The molecule has 0 aliphatic heterocycles. The molecule has 1 rings (SSSR count). The van der Waals surface area contributed by atoms with E-state index in [1.807, 2.05) is 31.2 Å². The topological polar surface area (TPSA) is 52.3 Å². The fourth-order valence-corrected chi connectivity index (χ4v) is 3.21. The molecule has 18 heavy (non-hydrogen) atoms. The molecule has 100 valence electrons. The number of methoxy groups -OCH3 is 1. The second-order valence-electron chi connectivity index (χ2n) is 3.93. The molecule has 0 saturated carbocycles. The van der Waals surface area contributed by atoms with Crippen molar-refractivity contribution in [3.8, 4) is 0 Å². The van der Waals surface area contributed by atoms with Crippen LogP contribution in [0.4, 0.5) is 0 Å². The van der Waals surface area contributed by atoms with Gasteiger partial charge < -0.3 is 10.5 Å². The first kappa shape index (κ1) is 15.5. The Hall–Kier alpha value is -0.520. The molecule has 0 fully saturated rings. The van der Waals surface area contributed by atoms with Gasteiger partial charge in [-0.15, -0.1) is 11.8 Å². The Kier molecular flexibility index (Phi) is 6.75. The van der Waals surface area contributed by atoms with Crippen LogP contribution >= 0.6 is 27.7 Å². The van der Waals surface area contributed by atoms with Gasteiger partial charge in [-0.1, -0.05) is 35.0 Å². The van der Waals surface area contributed by atoms with E-state index in [0.717, 1.165) is 16.5 Å². The Bertz CT molecular complexity index is 400. The highest BCUT2D eigenvalue weighted by molar-refractivity contribution is 9.10. The van der Waals surface area contributed by atoms with Crippen LogP contribution in [-0.2, 0) is 9.53 Å². The van der Waals surface area contributed by atoms with E-state index in [0.29, 0.717) is 5.75 Å². The minimum absolute atomic E-state index is 0.0222. The number of ether oxygens (including phenoxy) is 1. The second-order valence-corrected chi connectivity index (χ2v) is 5.98. The van der Waals surface area contributed by atoms with Crippen molar-refractivity contribution >= 4 is 33.7 Å². The number of hydrogen-bond acceptors (Lipinski definition) is 4. The molecule has 5 heteroatoms. The van der Waals surface area contributed by atoms with Crippen molar-refractivity contribution in [2.45, 2.75) is 24.6 Å². The van der Waals surface area contributed by atoms with E-state index in [1.54, 1.807) is 0 Å². The highest BCUT2D eigenvalue weighted by Crippen LogP contribution is 2.33. The van der Waals surface area contributed by atoms with Crippen molar-refractivity contribution < 1.29 is 9.53 Å². The van der Waals surface area contributed by atoms with Crippen molar-refractivity contribution in [1.29, 1.82) is 0 Å². The fourth-order valence-electron chi connectivity index (χ4n) is 1.58. The molecule has 2 N–H and O–H groups in total. The Morgan fingerprint density at radius 2 is 2.28 bits per heavy atom. The predicted molar refractivity (Wildman–Crippen MR) is 79.6 cm³/mol. The van der Waals surface area contributed by atoms with Crippen LogP contribution in [0.1, 0.15) is 24.2 Å². The third-order valence-electron chi connectivity index (χ3n) is 2.65. The summed E-state index contributed by atoms with van der Waals surface area (Å²) in [5.41, 5.74) is 7.27. The molecular weight excluding hydrogens is 314 g/mol. The van der Waals surface area contributed by atoms with Crippen LogP contribution in [0.15, 0.2) is 28.7 Å². The fraction of sp³-hybridized carbons (Fsp3) is 0.462. The summed E-state index contributed by atoms with van der Waals surface area (Å²) in [5.74, 6) is 0.102. The predicted octanol–water partition coefficient (Wildman–Crippen LogP) is 3.13. The summed E-state index contributed by atoms with van der Waals surface area (Å²) in [4.78, 5) is 11.2. The van der Waals surface area contributed by atoms with Crippen LogP contribution in [-0.4, -0.2) is 24.9 Å². The molecule has 1 aromatic rings. The maximum Gasteiger partial charge on any atom is 0.315 e. The number of halogens is 1. The van der Waals surface area contributed by atoms with Gasteiger partial charge in [-0.2, -0.15) is 0 Å². The third-order valence-corrected chi connectivity index (χ3v) is 4.52. The highest BCUT2D eigenvalue weighted by atomic mass is 79.9. The number of benzene rings is 1. The third kappa shape index (κ3) is 4.63. The van der Waals surface area contributed by atoms with Crippen molar-refractivity contribution in [3.05, 3.63) is 34.3 Å². The van der Waals surface area contributed by atoms with Gasteiger partial charge in [-0.05, 0) is 24.1 Å².